The summed E-state index contributed by atoms with van der Waals surface area (Å²) in [6.45, 7) is 1.94. The molecule has 3 heterocycles. The second kappa shape index (κ2) is 6.97. The third-order valence-corrected chi connectivity index (χ3v) is 5.54. The third kappa shape index (κ3) is 3.13. The molecule has 27 heavy (non-hydrogen) atoms. The van der Waals surface area contributed by atoms with Gasteiger partial charge in [0.15, 0.2) is 0 Å². The van der Waals surface area contributed by atoms with E-state index in [1.54, 1.807) is 0 Å². The van der Waals surface area contributed by atoms with Crippen molar-refractivity contribution in [1.82, 2.24) is 19.9 Å². The number of benzene rings is 2. The Bertz CT molecular complexity index is 1050. The van der Waals surface area contributed by atoms with Crippen LogP contribution in [-0.2, 0) is 19.4 Å². The first kappa shape index (κ1) is 16.2. The van der Waals surface area contributed by atoms with Crippen molar-refractivity contribution in [1.29, 1.82) is 0 Å². The molecule has 4 nitrogen and oxygen atoms in total. The molecule has 2 aromatic heterocycles. The zero-order valence-electron chi connectivity index (χ0n) is 15.2. The van der Waals surface area contributed by atoms with Crippen molar-refractivity contribution in [2.45, 2.75) is 25.4 Å². The number of fused-ring (bicyclic) bond motifs is 2. The second-order valence-corrected chi connectivity index (χ2v) is 7.18. The van der Waals surface area contributed by atoms with Gasteiger partial charge < -0.3 is 4.98 Å². The number of nitrogens with one attached hydrogen (secondary N) is 1. The maximum absolute atomic E-state index is 4.68. The van der Waals surface area contributed by atoms with Gasteiger partial charge in [0.2, 0.25) is 0 Å². The first-order valence-corrected chi connectivity index (χ1v) is 9.51. The van der Waals surface area contributed by atoms with Crippen molar-refractivity contribution in [2.24, 2.45) is 0 Å². The van der Waals surface area contributed by atoms with Crippen molar-refractivity contribution < 1.29 is 0 Å². The van der Waals surface area contributed by atoms with Crippen LogP contribution in [0, 0.1) is 0 Å². The summed E-state index contributed by atoms with van der Waals surface area (Å²) in [4.78, 5) is 15.1. The Morgan fingerprint density at radius 1 is 0.963 bits per heavy atom. The summed E-state index contributed by atoms with van der Waals surface area (Å²) in [5, 5.41) is 1.24. The second-order valence-electron chi connectivity index (χ2n) is 7.18. The topological polar surface area (TPSA) is 44.8 Å². The van der Waals surface area contributed by atoms with Crippen molar-refractivity contribution in [3.8, 4) is 0 Å². The molecule has 134 valence electrons. The molecule has 4 aromatic rings. The summed E-state index contributed by atoms with van der Waals surface area (Å²) in [6.07, 6.45) is 5.76. The molecule has 2 aromatic carbocycles. The highest BCUT2D eigenvalue weighted by Crippen LogP contribution is 2.32. The lowest BCUT2D eigenvalue weighted by Gasteiger charge is -2.35. The Morgan fingerprint density at radius 2 is 1.81 bits per heavy atom. The molecule has 1 N–H and O–H groups in total. The van der Waals surface area contributed by atoms with Gasteiger partial charge in [0.25, 0.3) is 0 Å². The molecule has 0 saturated carbocycles. The van der Waals surface area contributed by atoms with Crippen LogP contribution in [0.25, 0.3) is 10.9 Å². The molecule has 0 amide bonds. The van der Waals surface area contributed by atoms with Crippen LogP contribution in [0.3, 0.4) is 0 Å². The average Bonchev–Trinajstić information content (AvgIpc) is 3.20. The molecule has 0 aliphatic carbocycles. The van der Waals surface area contributed by atoms with E-state index < -0.39 is 0 Å². The summed E-state index contributed by atoms with van der Waals surface area (Å²) in [5.41, 5.74) is 6.22. The van der Waals surface area contributed by atoms with Crippen molar-refractivity contribution >= 4 is 10.9 Å². The fourth-order valence-corrected chi connectivity index (χ4v) is 4.17. The van der Waals surface area contributed by atoms with Crippen molar-refractivity contribution in [2.75, 3.05) is 6.54 Å². The molecule has 0 saturated heterocycles. The summed E-state index contributed by atoms with van der Waals surface area (Å²) in [6, 6.07) is 21.6. The van der Waals surface area contributed by atoms with Gasteiger partial charge >= 0.3 is 0 Å². The van der Waals surface area contributed by atoms with E-state index in [9.17, 15) is 0 Å². The van der Waals surface area contributed by atoms with Crippen molar-refractivity contribution in [3.05, 3.63) is 95.7 Å². The van der Waals surface area contributed by atoms with Gasteiger partial charge in [0.05, 0.1) is 23.6 Å². The first-order valence-electron chi connectivity index (χ1n) is 9.51. The van der Waals surface area contributed by atoms with E-state index in [-0.39, 0.29) is 6.04 Å². The summed E-state index contributed by atoms with van der Waals surface area (Å²) < 4.78 is 0. The lowest BCUT2D eigenvalue weighted by molar-refractivity contribution is 0.171. The number of para-hydroxylation sites is 1. The molecular weight excluding hydrogens is 332 g/mol. The number of aromatic amines is 1. The minimum Gasteiger partial charge on any atom is -0.348 e. The maximum Gasteiger partial charge on any atom is 0.0925 e. The van der Waals surface area contributed by atoms with Crippen LogP contribution in [0.15, 0.2) is 73.2 Å². The number of hydrogen-bond donors (Lipinski definition) is 1. The fraction of sp³-hybridized carbons (Fsp3) is 0.217. The average molecular weight is 354 g/mol. The molecule has 0 bridgehead atoms. The largest absolute Gasteiger partial charge is 0.348 e. The van der Waals surface area contributed by atoms with Gasteiger partial charge in [0, 0.05) is 36.8 Å². The van der Waals surface area contributed by atoms with E-state index >= 15 is 0 Å². The highest BCUT2D eigenvalue weighted by Gasteiger charge is 2.30. The van der Waals surface area contributed by atoms with Crippen LogP contribution in [0.5, 0.6) is 0 Å². The monoisotopic (exact) mass is 354 g/mol. The van der Waals surface area contributed by atoms with E-state index in [4.69, 9.17) is 0 Å². The van der Waals surface area contributed by atoms with Crippen LogP contribution in [-0.4, -0.2) is 26.4 Å². The summed E-state index contributed by atoms with van der Waals surface area (Å²) in [7, 11) is 0. The Labute approximate surface area is 158 Å². The molecule has 1 atom stereocenters. The molecule has 4 heteroatoms. The van der Waals surface area contributed by atoms with E-state index in [1.165, 1.54) is 27.9 Å². The molecule has 0 unspecified atom stereocenters. The number of hydrogen-bond acceptors (Lipinski definition) is 3. The van der Waals surface area contributed by atoms with E-state index in [2.05, 4.69) is 74.4 Å². The summed E-state index contributed by atoms with van der Waals surface area (Å²) >= 11 is 0. The molecular formula is C23H22N4. The smallest absolute Gasteiger partial charge is 0.0925 e. The number of rotatable bonds is 4. The maximum atomic E-state index is 4.68. The van der Waals surface area contributed by atoms with Gasteiger partial charge in [-0.15, -0.1) is 0 Å². The minimum atomic E-state index is 0.286. The van der Waals surface area contributed by atoms with Crippen LogP contribution in [0.1, 0.15) is 28.6 Å². The molecule has 0 spiro atoms. The molecule has 0 fully saturated rings. The zero-order chi connectivity index (χ0) is 18.1. The van der Waals surface area contributed by atoms with Gasteiger partial charge in [-0.3, -0.25) is 9.88 Å². The van der Waals surface area contributed by atoms with E-state index in [1.807, 2.05) is 18.6 Å². The first-order chi connectivity index (χ1) is 13.4. The lowest BCUT2D eigenvalue weighted by atomic mass is 9.95. The fourth-order valence-electron chi connectivity index (χ4n) is 4.17. The van der Waals surface area contributed by atoms with E-state index in [0.717, 1.165) is 31.4 Å². The standard InChI is InChI=1S/C23H22N4/c1-2-6-17(7-3-1)14-22-23-21(25-16-26-23)11-13-27(22)15-18-10-12-24-20-9-5-4-8-19(18)20/h1-10,12,16,22H,11,13-15H2,(H,25,26)/t22-/m1/s1. The van der Waals surface area contributed by atoms with Gasteiger partial charge in [0.1, 0.15) is 0 Å². The normalized spacial score (nSPS) is 17.1. The van der Waals surface area contributed by atoms with Gasteiger partial charge in [-0.2, -0.15) is 0 Å². The SMILES string of the molecule is c1ccc(C[C@@H]2c3nc[nH]c3CCN2Cc2ccnc3ccccc23)cc1. The zero-order valence-corrected chi connectivity index (χ0v) is 15.2. The van der Waals surface area contributed by atoms with Crippen molar-refractivity contribution in [3.63, 3.8) is 0 Å². The molecule has 1 aliphatic heterocycles. The predicted octanol–water partition coefficient (Wildman–Crippen LogP) is 4.30. The summed E-state index contributed by atoms with van der Waals surface area (Å²) in [5.74, 6) is 0. The number of imidazole rings is 1. The van der Waals surface area contributed by atoms with Crippen LogP contribution < -0.4 is 0 Å². The molecule has 5 rings (SSSR count). The number of H-pyrrole nitrogens is 1. The quantitative estimate of drug-likeness (QED) is 0.594. The number of pyridine rings is 1. The lowest BCUT2D eigenvalue weighted by Crippen LogP contribution is -2.36. The third-order valence-electron chi connectivity index (χ3n) is 5.54. The van der Waals surface area contributed by atoms with Gasteiger partial charge in [-0.1, -0.05) is 48.5 Å². The Hall–Kier alpha value is -2.98. The Kier molecular flexibility index (Phi) is 4.18. The van der Waals surface area contributed by atoms with Gasteiger partial charge in [-0.25, -0.2) is 4.98 Å². The molecule has 0 radical (unpaired) electrons. The Morgan fingerprint density at radius 3 is 2.74 bits per heavy atom. The van der Waals surface area contributed by atoms with Crippen LogP contribution in [0.4, 0.5) is 0 Å². The highest BCUT2D eigenvalue weighted by molar-refractivity contribution is 5.81. The van der Waals surface area contributed by atoms with Gasteiger partial charge in [-0.05, 0) is 29.7 Å². The minimum absolute atomic E-state index is 0.286. The number of aromatic nitrogens is 3. The Balaban J connectivity index is 1.50. The van der Waals surface area contributed by atoms with Crippen LogP contribution >= 0.6 is 0 Å². The number of nitrogens with zero attached hydrogens (tertiary/aromatic N) is 3. The van der Waals surface area contributed by atoms with E-state index in [0.29, 0.717) is 0 Å². The predicted molar refractivity (Wildman–Crippen MR) is 107 cm³/mol. The van der Waals surface area contributed by atoms with Crippen LogP contribution in [0.2, 0.25) is 0 Å². The molecule has 1 aliphatic rings. The highest BCUT2D eigenvalue weighted by atomic mass is 15.2.